The van der Waals surface area contributed by atoms with Crippen molar-refractivity contribution >= 4 is 23.0 Å². The van der Waals surface area contributed by atoms with Crippen molar-refractivity contribution < 1.29 is 9.90 Å². The smallest absolute Gasteiger partial charge is 0.228 e. The summed E-state index contributed by atoms with van der Waals surface area (Å²) in [6.07, 6.45) is 4.26. The van der Waals surface area contributed by atoms with Gasteiger partial charge in [-0.3, -0.25) is 4.79 Å². The van der Waals surface area contributed by atoms with Crippen LogP contribution in [0.3, 0.4) is 0 Å². The van der Waals surface area contributed by atoms with Gasteiger partial charge in [0, 0.05) is 19.3 Å². The minimum atomic E-state index is -0.608. The maximum Gasteiger partial charge on any atom is 0.228 e. The van der Waals surface area contributed by atoms with Gasteiger partial charge in [0.05, 0.1) is 23.4 Å². The molecule has 3 rings (SSSR count). The number of likely N-dealkylation sites (N-methyl/N-ethyl adjacent to an activating group) is 1. The van der Waals surface area contributed by atoms with Crippen LogP contribution in [0.15, 0.2) is 12.1 Å². The molecule has 1 fully saturated rings. The molecule has 0 bridgehead atoms. The quantitative estimate of drug-likeness (QED) is 0.731. The number of rotatable bonds is 3. The SMILES string of the molecule is CN(CC1(O)CCCC1)c1cc2c(cc1N)CC(=O)N2. The summed E-state index contributed by atoms with van der Waals surface area (Å²) >= 11 is 0. The molecule has 0 unspecified atom stereocenters. The normalized spacial score (nSPS) is 19.8. The number of nitrogen functional groups attached to an aromatic ring is 1. The summed E-state index contributed by atoms with van der Waals surface area (Å²) in [6.45, 7) is 0.573. The lowest BCUT2D eigenvalue weighted by molar-refractivity contribution is -0.115. The first kappa shape index (κ1) is 13.2. The summed E-state index contributed by atoms with van der Waals surface area (Å²) in [4.78, 5) is 13.4. The zero-order valence-electron chi connectivity index (χ0n) is 11.8. The van der Waals surface area contributed by atoms with Gasteiger partial charge in [0.2, 0.25) is 5.91 Å². The van der Waals surface area contributed by atoms with Crippen LogP contribution in [0.1, 0.15) is 31.2 Å². The van der Waals surface area contributed by atoms with E-state index >= 15 is 0 Å². The number of carbonyl (C=O) groups excluding carboxylic acids is 1. The fourth-order valence-electron chi connectivity index (χ4n) is 3.33. The predicted molar refractivity (Wildman–Crippen MR) is 79.9 cm³/mol. The number of nitrogens with zero attached hydrogens (tertiary/aromatic N) is 1. The molecule has 4 N–H and O–H groups in total. The van der Waals surface area contributed by atoms with Crippen molar-refractivity contribution in [2.24, 2.45) is 0 Å². The number of fused-ring (bicyclic) bond motifs is 1. The van der Waals surface area contributed by atoms with Crippen molar-refractivity contribution in [3.8, 4) is 0 Å². The minimum Gasteiger partial charge on any atom is -0.397 e. The summed E-state index contributed by atoms with van der Waals surface area (Å²) in [7, 11) is 1.94. The maximum absolute atomic E-state index is 11.4. The molecule has 1 aromatic carbocycles. The molecule has 2 aliphatic rings. The molecule has 0 spiro atoms. The minimum absolute atomic E-state index is 0.00799. The average Bonchev–Trinajstić information content (AvgIpc) is 2.93. The first-order chi connectivity index (χ1) is 9.47. The lowest BCUT2D eigenvalue weighted by atomic mass is 10.0. The first-order valence-corrected chi connectivity index (χ1v) is 7.13. The topological polar surface area (TPSA) is 78.6 Å². The molecule has 0 radical (unpaired) electrons. The number of anilines is 3. The van der Waals surface area contributed by atoms with Crippen molar-refractivity contribution in [2.45, 2.75) is 37.7 Å². The fraction of sp³-hybridized carbons (Fsp3) is 0.533. The number of carbonyl (C=O) groups is 1. The molecule has 20 heavy (non-hydrogen) atoms. The van der Waals surface area contributed by atoms with Gasteiger partial charge in [0.25, 0.3) is 0 Å². The summed E-state index contributed by atoms with van der Waals surface area (Å²) < 4.78 is 0. The Bertz CT molecular complexity index is 550. The Labute approximate surface area is 118 Å². The molecule has 5 heteroatoms. The van der Waals surface area contributed by atoms with Crippen LogP contribution < -0.4 is 16.0 Å². The molecule has 1 aliphatic heterocycles. The third kappa shape index (κ3) is 2.33. The Morgan fingerprint density at radius 2 is 2.10 bits per heavy atom. The molecule has 0 aromatic heterocycles. The highest BCUT2D eigenvalue weighted by atomic mass is 16.3. The molecule has 0 saturated heterocycles. The third-order valence-corrected chi connectivity index (χ3v) is 4.35. The Hall–Kier alpha value is -1.75. The molecular weight excluding hydrogens is 254 g/mol. The second kappa shape index (κ2) is 4.66. The van der Waals surface area contributed by atoms with Crippen LogP contribution >= 0.6 is 0 Å². The van der Waals surface area contributed by atoms with E-state index in [0.29, 0.717) is 18.7 Å². The zero-order valence-corrected chi connectivity index (χ0v) is 11.8. The van der Waals surface area contributed by atoms with Crippen LogP contribution in [0, 0.1) is 0 Å². The van der Waals surface area contributed by atoms with Crippen LogP contribution in [0.4, 0.5) is 17.1 Å². The first-order valence-electron chi connectivity index (χ1n) is 7.13. The van der Waals surface area contributed by atoms with E-state index in [9.17, 15) is 9.90 Å². The second-order valence-electron chi connectivity index (χ2n) is 6.08. The van der Waals surface area contributed by atoms with E-state index in [2.05, 4.69) is 5.32 Å². The van der Waals surface area contributed by atoms with E-state index in [-0.39, 0.29) is 5.91 Å². The highest BCUT2D eigenvalue weighted by Gasteiger charge is 2.33. The van der Waals surface area contributed by atoms with Gasteiger partial charge in [0.15, 0.2) is 0 Å². The Balaban J connectivity index is 1.83. The van der Waals surface area contributed by atoms with Gasteiger partial charge in [-0.05, 0) is 30.5 Å². The van der Waals surface area contributed by atoms with Crippen LogP contribution in [-0.2, 0) is 11.2 Å². The van der Waals surface area contributed by atoms with Gasteiger partial charge in [0.1, 0.15) is 0 Å². The van der Waals surface area contributed by atoms with Gasteiger partial charge < -0.3 is 21.1 Å². The molecule has 1 aromatic rings. The lowest BCUT2D eigenvalue weighted by Gasteiger charge is -2.31. The lowest BCUT2D eigenvalue weighted by Crippen LogP contribution is -2.39. The monoisotopic (exact) mass is 275 g/mol. The van der Waals surface area contributed by atoms with Gasteiger partial charge in [-0.2, -0.15) is 0 Å². The molecule has 5 nitrogen and oxygen atoms in total. The molecule has 1 saturated carbocycles. The Morgan fingerprint density at radius 1 is 1.40 bits per heavy atom. The standard InChI is InChI=1S/C15H21N3O2/c1-18(9-15(20)4-2-3-5-15)13-8-12-10(6-11(13)16)7-14(19)17-12/h6,8,20H,2-5,7,9,16H2,1H3,(H,17,19). The van der Waals surface area contributed by atoms with Gasteiger partial charge in [-0.1, -0.05) is 12.8 Å². The average molecular weight is 275 g/mol. The number of hydrogen-bond donors (Lipinski definition) is 3. The summed E-state index contributed by atoms with van der Waals surface area (Å²) in [5.41, 5.74) is 8.80. The predicted octanol–water partition coefficient (Wildman–Crippen LogP) is 1.50. The zero-order chi connectivity index (χ0) is 14.3. The van der Waals surface area contributed by atoms with Crippen molar-refractivity contribution in [3.63, 3.8) is 0 Å². The van der Waals surface area contributed by atoms with E-state index < -0.39 is 5.60 Å². The number of hydrogen-bond acceptors (Lipinski definition) is 4. The summed E-state index contributed by atoms with van der Waals surface area (Å²) in [5.74, 6) is 0.00799. The number of amides is 1. The van der Waals surface area contributed by atoms with E-state index in [0.717, 1.165) is 42.6 Å². The van der Waals surface area contributed by atoms with Gasteiger partial charge in [-0.15, -0.1) is 0 Å². The molecule has 0 atom stereocenters. The highest BCUT2D eigenvalue weighted by molar-refractivity contribution is 6.00. The highest BCUT2D eigenvalue weighted by Crippen LogP contribution is 2.36. The van der Waals surface area contributed by atoms with Crippen molar-refractivity contribution in [1.82, 2.24) is 0 Å². The number of nitrogens with two attached hydrogens (primary N) is 1. The molecular formula is C15H21N3O2. The van der Waals surface area contributed by atoms with E-state index in [1.165, 1.54) is 0 Å². The molecule has 1 heterocycles. The van der Waals surface area contributed by atoms with Crippen molar-refractivity contribution in [1.29, 1.82) is 0 Å². The number of aliphatic hydroxyl groups is 1. The third-order valence-electron chi connectivity index (χ3n) is 4.35. The van der Waals surface area contributed by atoms with Crippen LogP contribution in [-0.4, -0.2) is 30.2 Å². The van der Waals surface area contributed by atoms with Crippen molar-refractivity contribution in [3.05, 3.63) is 17.7 Å². The Morgan fingerprint density at radius 3 is 2.80 bits per heavy atom. The largest absolute Gasteiger partial charge is 0.397 e. The van der Waals surface area contributed by atoms with Crippen LogP contribution in [0.5, 0.6) is 0 Å². The van der Waals surface area contributed by atoms with Crippen molar-refractivity contribution in [2.75, 3.05) is 29.5 Å². The van der Waals surface area contributed by atoms with Gasteiger partial charge in [-0.25, -0.2) is 0 Å². The molecule has 108 valence electrons. The van der Waals surface area contributed by atoms with E-state index in [4.69, 9.17) is 5.73 Å². The molecule has 1 amide bonds. The summed E-state index contributed by atoms with van der Waals surface area (Å²) in [6, 6.07) is 3.77. The van der Waals surface area contributed by atoms with E-state index in [1.807, 2.05) is 24.1 Å². The van der Waals surface area contributed by atoms with Crippen LogP contribution in [0.2, 0.25) is 0 Å². The molecule has 1 aliphatic carbocycles. The maximum atomic E-state index is 11.4. The number of benzene rings is 1. The fourth-order valence-corrected chi connectivity index (χ4v) is 3.33. The Kier molecular flexibility index (Phi) is 3.09. The van der Waals surface area contributed by atoms with E-state index in [1.54, 1.807) is 0 Å². The summed E-state index contributed by atoms with van der Waals surface area (Å²) in [5, 5.41) is 13.3. The number of nitrogens with one attached hydrogen (secondary N) is 1. The van der Waals surface area contributed by atoms with Gasteiger partial charge >= 0.3 is 0 Å². The second-order valence-corrected chi connectivity index (χ2v) is 6.08. The van der Waals surface area contributed by atoms with Crippen LogP contribution in [0.25, 0.3) is 0 Å².